The standard InChI is InChI=1S/C39H48BrN3O7/c1-5-8-20-31(45)41-23-30(27-18-13-10-14-19-27)49-38(48)32-33-36(46)43(29(24-44)26-16-11-9-12-17-26)35(39(33)22-28(40)34(32)50-39)37(47)42(21-7-3)25(4)15-6-2/h5,7,9-14,16-19,25,28-30,32-35,44H,1,3,6,8,15,20-24H2,2,4H3,(H,41,45)/t25?,28?,29-,30+,32+,33-,34+,35+,39-/m1/s1. The number of nitrogens with zero attached hydrogens (tertiary/aromatic N) is 2. The number of aliphatic hydroxyl groups excluding tert-OH is 1. The molecular weight excluding hydrogens is 702 g/mol. The van der Waals surface area contributed by atoms with Gasteiger partial charge in [-0.2, -0.15) is 0 Å². The van der Waals surface area contributed by atoms with Crippen LogP contribution in [0.4, 0.5) is 0 Å². The monoisotopic (exact) mass is 749 g/mol. The van der Waals surface area contributed by atoms with Crippen molar-refractivity contribution in [3.8, 4) is 0 Å². The zero-order valence-electron chi connectivity index (χ0n) is 28.8. The van der Waals surface area contributed by atoms with Gasteiger partial charge < -0.3 is 29.7 Å². The molecule has 11 heteroatoms. The molecule has 0 radical (unpaired) electrons. The summed E-state index contributed by atoms with van der Waals surface area (Å²) >= 11 is 3.74. The molecule has 3 heterocycles. The number of amides is 3. The van der Waals surface area contributed by atoms with E-state index in [1.807, 2.05) is 74.5 Å². The van der Waals surface area contributed by atoms with Crippen molar-refractivity contribution in [1.29, 1.82) is 0 Å². The molecule has 3 amide bonds. The molecule has 3 fully saturated rings. The SMILES string of the molecule is C=CCCC(=O)NC[C@H](OC(=O)[C@@H]1[C@H]2O[C@@]3(CC2Br)[C@H](C(=O)N(CC=C)C(C)CCC)N([C@H](CO)c2ccccc2)C(=O)[C@@H]13)c1ccccc1. The van der Waals surface area contributed by atoms with Crippen molar-refractivity contribution in [3.05, 3.63) is 97.1 Å². The summed E-state index contributed by atoms with van der Waals surface area (Å²) in [5, 5.41) is 13.7. The maximum Gasteiger partial charge on any atom is 0.313 e. The number of esters is 1. The minimum absolute atomic E-state index is 0.0329. The molecule has 0 aliphatic carbocycles. The minimum atomic E-state index is -1.36. The summed E-state index contributed by atoms with van der Waals surface area (Å²) in [6.07, 6.45) is 4.41. The van der Waals surface area contributed by atoms with E-state index in [0.717, 1.165) is 12.8 Å². The van der Waals surface area contributed by atoms with Crippen molar-refractivity contribution in [2.24, 2.45) is 11.8 Å². The van der Waals surface area contributed by atoms with Crippen molar-refractivity contribution < 1.29 is 33.8 Å². The van der Waals surface area contributed by atoms with Crippen LogP contribution in [0.1, 0.15) is 69.2 Å². The van der Waals surface area contributed by atoms with Crippen LogP contribution in [0.5, 0.6) is 0 Å². The molecule has 3 aliphatic rings. The lowest BCUT2D eigenvalue weighted by Gasteiger charge is -2.41. The summed E-state index contributed by atoms with van der Waals surface area (Å²) in [6, 6.07) is 16.1. The second-order valence-electron chi connectivity index (χ2n) is 13.4. The molecule has 2 aromatic carbocycles. The Labute approximate surface area is 303 Å². The van der Waals surface area contributed by atoms with Crippen molar-refractivity contribution in [3.63, 3.8) is 0 Å². The quantitative estimate of drug-likeness (QED) is 0.132. The number of aliphatic hydroxyl groups is 1. The van der Waals surface area contributed by atoms with E-state index in [2.05, 4.69) is 34.4 Å². The van der Waals surface area contributed by atoms with Crippen molar-refractivity contribution >= 4 is 39.6 Å². The molecule has 0 aromatic heterocycles. The molecule has 50 heavy (non-hydrogen) atoms. The lowest BCUT2D eigenvalue weighted by molar-refractivity contribution is -0.161. The second kappa shape index (κ2) is 16.5. The molecule has 0 saturated carbocycles. The van der Waals surface area contributed by atoms with Gasteiger partial charge in [-0.15, -0.1) is 13.2 Å². The Bertz CT molecular complexity index is 1540. The predicted molar refractivity (Wildman–Crippen MR) is 193 cm³/mol. The Morgan fingerprint density at radius 2 is 1.78 bits per heavy atom. The number of rotatable bonds is 17. The maximum atomic E-state index is 14.9. The molecule has 268 valence electrons. The van der Waals surface area contributed by atoms with Crippen molar-refractivity contribution in [2.75, 3.05) is 19.7 Å². The van der Waals surface area contributed by atoms with E-state index < -0.39 is 60.2 Å². The Hall–Kier alpha value is -3.80. The van der Waals surface area contributed by atoms with E-state index in [1.54, 1.807) is 17.1 Å². The van der Waals surface area contributed by atoms with Gasteiger partial charge in [0.05, 0.1) is 37.1 Å². The van der Waals surface area contributed by atoms with E-state index in [1.165, 1.54) is 4.90 Å². The van der Waals surface area contributed by atoms with Crippen LogP contribution in [0.15, 0.2) is 86.0 Å². The average Bonchev–Trinajstić information content (AvgIpc) is 3.72. The number of ether oxygens (including phenoxy) is 2. The Kier molecular flexibility index (Phi) is 12.3. The number of carbonyl (C=O) groups excluding carboxylic acids is 4. The smallest absolute Gasteiger partial charge is 0.313 e. The molecule has 2 unspecified atom stereocenters. The number of benzene rings is 2. The van der Waals surface area contributed by atoms with E-state index >= 15 is 0 Å². The van der Waals surface area contributed by atoms with E-state index in [4.69, 9.17) is 9.47 Å². The second-order valence-corrected chi connectivity index (χ2v) is 14.6. The van der Waals surface area contributed by atoms with E-state index in [-0.39, 0.29) is 42.2 Å². The zero-order chi connectivity index (χ0) is 36.0. The van der Waals surface area contributed by atoms with Gasteiger partial charge in [0.1, 0.15) is 17.7 Å². The Balaban J connectivity index is 1.54. The van der Waals surface area contributed by atoms with Crippen molar-refractivity contribution in [1.82, 2.24) is 15.1 Å². The number of allylic oxidation sites excluding steroid dienone is 1. The van der Waals surface area contributed by atoms with Gasteiger partial charge in [0.15, 0.2) is 0 Å². The average molecular weight is 751 g/mol. The van der Waals surface area contributed by atoms with E-state index in [9.17, 15) is 24.3 Å². The number of likely N-dealkylation sites (tertiary alicyclic amines) is 1. The summed E-state index contributed by atoms with van der Waals surface area (Å²) in [6.45, 7) is 11.4. The topological polar surface area (TPSA) is 125 Å². The van der Waals surface area contributed by atoms with Gasteiger partial charge in [0.25, 0.3) is 0 Å². The number of hydrogen-bond acceptors (Lipinski definition) is 7. The normalized spacial score (nSPS) is 26.8. The maximum absolute atomic E-state index is 14.9. The third-order valence-electron chi connectivity index (χ3n) is 10.3. The number of nitrogens with one attached hydrogen (secondary N) is 1. The first-order chi connectivity index (χ1) is 24.1. The minimum Gasteiger partial charge on any atom is -0.455 e. The van der Waals surface area contributed by atoms with Crippen LogP contribution in [0, 0.1) is 11.8 Å². The van der Waals surface area contributed by atoms with Crippen molar-refractivity contribution in [2.45, 2.75) is 86.7 Å². The van der Waals surface area contributed by atoms with Crippen LogP contribution in [0.3, 0.4) is 0 Å². The van der Waals surface area contributed by atoms with Gasteiger partial charge in [0.2, 0.25) is 17.7 Å². The Morgan fingerprint density at radius 3 is 2.38 bits per heavy atom. The summed E-state index contributed by atoms with van der Waals surface area (Å²) in [4.78, 5) is 59.6. The number of carbonyl (C=O) groups is 4. The van der Waals surface area contributed by atoms with Gasteiger partial charge in [-0.25, -0.2) is 0 Å². The number of alkyl halides is 1. The lowest BCUT2D eigenvalue weighted by atomic mass is 9.70. The molecule has 2 aromatic rings. The molecule has 9 atom stereocenters. The van der Waals surface area contributed by atoms with Crippen LogP contribution >= 0.6 is 15.9 Å². The summed E-state index contributed by atoms with van der Waals surface area (Å²) < 4.78 is 12.9. The van der Waals surface area contributed by atoms with E-state index in [0.29, 0.717) is 24.0 Å². The highest BCUT2D eigenvalue weighted by Crippen LogP contribution is 2.61. The number of fused-ring (bicyclic) bond motifs is 1. The Morgan fingerprint density at radius 1 is 1.12 bits per heavy atom. The zero-order valence-corrected chi connectivity index (χ0v) is 30.4. The highest BCUT2D eigenvalue weighted by atomic mass is 79.9. The predicted octanol–water partition coefficient (Wildman–Crippen LogP) is 5.04. The molecule has 2 bridgehead atoms. The number of halogens is 1. The summed E-state index contributed by atoms with van der Waals surface area (Å²) in [7, 11) is 0. The number of hydrogen-bond donors (Lipinski definition) is 2. The fraction of sp³-hybridized carbons (Fsp3) is 0.487. The molecule has 10 nitrogen and oxygen atoms in total. The van der Waals surface area contributed by atoms with Crippen LogP contribution in [0.25, 0.3) is 0 Å². The largest absolute Gasteiger partial charge is 0.455 e. The van der Waals surface area contributed by atoms with Crippen LogP contribution in [0.2, 0.25) is 0 Å². The highest BCUT2D eigenvalue weighted by molar-refractivity contribution is 9.09. The molecule has 5 rings (SSSR count). The lowest BCUT2D eigenvalue weighted by Crippen LogP contribution is -2.58. The van der Waals surface area contributed by atoms with Gasteiger partial charge in [-0.05, 0) is 37.3 Å². The van der Waals surface area contributed by atoms with Gasteiger partial charge in [0, 0.05) is 23.8 Å². The van der Waals surface area contributed by atoms with Gasteiger partial charge in [-0.3, -0.25) is 19.2 Å². The third kappa shape index (κ3) is 7.18. The molecule has 3 aliphatic heterocycles. The first-order valence-corrected chi connectivity index (χ1v) is 18.4. The van der Waals surface area contributed by atoms with Crippen LogP contribution < -0.4 is 5.32 Å². The molecule has 1 spiro atoms. The molecule has 2 N–H and O–H groups in total. The van der Waals surface area contributed by atoms with Crippen LogP contribution in [-0.4, -0.2) is 86.9 Å². The molecular formula is C39H48BrN3O7. The van der Waals surface area contributed by atoms with Crippen LogP contribution in [-0.2, 0) is 28.7 Å². The van der Waals surface area contributed by atoms with Gasteiger partial charge in [-0.1, -0.05) is 102 Å². The van der Waals surface area contributed by atoms with Gasteiger partial charge >= 0.3 is 5.97 Å². The highest BCUT2D eigenvalue weighted by Gasteiger charge is 2.77. The molecule has 3 saturated heterocycles. The summed E-state index contributed by atoms with van der Waals surface area (Å²) in [5.74, 6) is -3.68. The summed E-state index contributed by atoms with van der Waals surface area (Å²) in [5.41, 5.74) is -0.0125. The fourth-order valence-electron chi connectivity index (χ4n) is 7.98. The first-order valence-electron chi connectivity index (χ1n) is 17.5. The first kappa shape index (κ1) is 37.5. The third-order valence-corrected chi connectivity index (χ3v) is 11.1. The fourth-order valence-corrected chi connectivity index (χ4v) is 8.92.